The van der Waals surface area contributed by atoms with Crippen LogP contribution in [0.25, 0.3) is 22.2 Å². The third-order valence-electron chi connectivity index (χ3n) is 4.88. The Kier molecular flexibility index (Phi) is 6.61. The summed E-state index contributed by atoms with van der Waals surface area (Å²) < 4.78 is 13.3. The molecule has 3 aromatic rings. The molecule has 1 unspecified atom stereocenters. The average Bonchev–Trinajstić information content (AvgIpc) is 3.08. The van der Waals surface area contributed by atoms with Crippen molar-refractivity contribution in [1.29, 1.82) is 0 Å². The smallest absolute Gasteiger partial charge is 0.142 e. The fourth-order valence-electron chi connectivity index (χ4n) is 3.41. The van der Waals surface area contributed by atoms with Crippen LogP contribution in [-0.4, -0.2) is 30.9 Å². The lowest BCUT2D eigenvalue weighted by Crippen LogP contribution is -2.32. The lowest BCUT2D eigenvalue weighted by atomic mass is 10.00. The van der Waals surface area contributed by atoms with Gasteiger partial charge in [0.25, 0.3) is 0 Å². The normalized spacial score (nSPS) is 12.1. The Labute approximate surface area is 164 Å². The highest BCUT2D eigenvalue weighted by Crippen LogP contribution is 2.31. The number of hydrogen-bond acceptors (Lipinski definition) is 3. The zero-order chi connectivity index (χ0) is 19.9. The number of halogens is 1. The molecule has 0 saturated carbocycles. The van der Waals surface area contributed by atoms with Gasteiger partial charge in [-0.3, -0.25) is 0 Å². The van der Waals surface area contributed by atoms with Crippen LogP contribution in [0.1, 0.15) is 18.4 Å². The maximum absolute atomic E-state index is 13.3. The number of carbonyl (C=O) groups is 1. The molecular weight excluding hydrogens is 353 g/mol. The van der Waals surface area contributed by atoms with E-state index in [1.54, 1.807) is 12.1 Å². The first kappa shape index (κ1) is 19.8. The molecule has 4 nitrogen and oxygen atoms in total. The number of para-hydroxylation sites is 1. The van der Waals surface area contributed by atoms with E-state index in [0.29, 0.717) is 12.8 Å². The molecule has 2 aromatic carbocycles. The van der Waals surface area contributed by atoms with Crippen LogP contribution in [0.3, 0.4) is 0 Å². The number of aldehydes is 1. The molecule has 1 atom stereocenters. The Morgan fingerprint density at radius 1 is 1.21 bits per heavy atom. The SMILES string of the molecule is C=C(CCc1c(-c2ccc(F)cc2)[nH]c2ccccc12)NC(C=O)CCNC. The molecule has 0 aliphatic rings. The number of hydrogen-bond donors (Lipinski definition) is 3. The molecule has 146 valence electrons. The Morgan fingerprint density at radius 3 is 2.68 bits per heavy atom. The van der Waals surface area contributed by atoms with E-state index < -0.39 is 0 Å². The summed E-state index contributed by atoms with van der Waals surface area (Å²) in [4.78, 5) is 14.7. The van der Waals surface area contributed by atoms with Crippen molar-refractivity contribution >= 4 is 17.2 Å². The van der Waals surface area contributed by atoms with E-state index >= 15 is 0 Å². The Hall–Kier alpha value is -2.92. The summed E-state index contributed by atoms with van der Waals surface area (Å²) in [6, 6.07) is 14.4. The number of allylic oxidation sites excluding steroid dienone is 1. The molecule has 0 aliphatic carbocycles. The number of H-pyrrole nitrogens is 1. The summed E-state index contributed by atoms with van der Waals surface area (Å²) in [5, 5.41) is 7.42. The Morgan fingerprint density at radius 2 is 1.96 bits per heavy atom. The summed E-state index contributed by atoms with van der Waals surface area (Å²) in [5.41, 5.74) is 5.00. The predicted molar refractivity (Wildman–Crippen MR) is 113 cm³/mol. The van der Waals surface area contributed by atoms with E-state index in [4.69, 9.17) is 0 Å². The van der Waals surface area contributed by atoms with Crippen LogP contribution in [0, 0.1) is 5.82 Å². The number of benzene rings is 2. The van der Waals surface area contributed by atoms with Crippen molar-refractivity contribution in [3.05, 3.63) is 72.2 Å². The highest BCUT2D eigenvalue weighted by Gasteiger charge is 2.14. The first-order valence-corrected chi connectivity index (χ1v) is 9.52. The second kappa shape index (κ2) is 9.33. The van der Waals surface area contributed by atoms with E-state index in [0.717, 1.165) is 47.1 Å². The number of nitrogens with one attached hydrogen (secondary N) is 3. The van der Waals surface area contributed by atoms with Crippen LogP contribution in [0.2, 0.25) is 0 Å². The predicted octanol–water partition coefficient (Wildman–Crippen LogP) is 4.19. The van der Waals surface area contributed by atoms with Gasteiger partial charge in [0.05, 0.1) is 6.04 Å². The van der Waals surface area contributed by atoms with Gasteiger partial charge in [-0.25, -0.2) is 4.39 Å². The lowest BCUT2D eigenvalue weighted by molar-refractivity contribution is -0.109. The summed E-state index contributed by atoms with van der Waals surface area (Å²) >= 11 is 0. The largest absolute Gasteiger partial charge is 0.379 e. The van der Waals surface area contributed by atoms with Crippen molar-refractivity contribution in [2.75, 3.05) is 13.6 Å². The van der Waals surface area contributed by atoms with Crippen LogP contribution in [0.5, 0.6) is 0 Å². The first-order chi connectivity index (χ1) is 13.6. The van der Waals surface area contributed by atoms with Crippen molar-refractivity contribution in [2.45, 2.75) is 25.3 Å². The number of rotatable bonds is 10. The Bertz CT molecular complexity index is 946. The van der Waals surface area contributed by atoms with Crippen LogP contribution < -0.4 is 10.6 Å². The van der Waals surface area contributed by atoms with Crippen LogP contribution in [-0.2, 0) is 11.2 Å². The minimum atomic E-state index is -0.250. The van der Waals surface area contributed by atoms with Gasteiger partial charge in [0.15, 0.2) is 0 Å². The van der Waals surface area contributed by atoms with Gasteiger partial charge in [-0.15, -0.1) is 0 Å². The monoisotopic (exact) mass is 379 g/mol. The van der Waals surface area contributed by atoms with Gasteiger partial charge in [-0.05, 0) is 74.3 Å². The molecule has 0 fully saturated rings. The molecule has 3 N–H and O–H groups in total. The highest BCUT2D eigenvalue weighted by molar-refractivity contribution is 5.90. The lowest BCUT2D eigenvalue weighted by Gasteiger charge is -2.16. The fourth-order valence-corrected chi connectivity index (χ4v) is 3.41. The maximum Gasteiger partial charge on any atom is 0.142 e. The van der Waals surface area contributed by atoms with Crippen molar-refractivity contribution in [3.8, 4) is 11.3 Å². The molecule has 0 radical (unpaired) electrons. The summed E-state index contributed by atoms with van der Waals surface area (Å²) in [7, 11) is 1.87. The van der Waals surface area contributed by atoms with Gasteiger partial charge in [-0.2, -0.15) is 0 Å². The van der Waals surface area contributed by atoms with E-state index in [-0.39, 0.29) is 11.9 Å². The second-order valence-corrected chi connectivity index (χ2v) is 6.91. The van der Waals surface area contributed by atoms with Gasteiger partial charge < -0.3 is 20.4 Å². The topological polar surface area (TPSA) is 56.9 Å². The fraction of sp³-hybridized carbons (Fsp3) is 0.261. The third-order valence-corrected chi connectivity index (χ3v) is 4.88. The van der Waals surface area contributed by atoms with Crippen molar-refractivity contribution in [1.82, 2.24) is 15.6 Å². The van der Waals surface area contributed by atoms with E-state index in [2.05, 4.69) is 28.3 Å². The molecule has 0 amide bonds. The summed E-state index contributed by atoms with van der Waals surface area (Å²) in [5.74, 6) is -0.250. The number of aromatic nitrogens is 1. The molecule has 0 aliphatic heterocycles. The number of aryl methyl sites for hydroxylation is 1. The quantitative estimate of drug-likeness (QED) is 0.463. The van der Waals surface area contributed by atoms with E-state index in [1.807, 2.05) is 25.2 Å². The van der Waals surface area contributed by atoms with Crippen LogP contribution in [0.4, 0.5) is 4.39 Å². The Balaban J connectivity index is 1.80. The first-order valence-electron chi connectivity index (χ1n) is 9.52. The average molecular weight is 379 g/mol. The van der Waals surface area contributed by atoms with Gasteiger partial charge in [-0.1, -0.05) is 24.8 Å². The molecule has 0 bridgehead atoms. The zero-order valence-corrected chi connectivity index (χ0v) is 16.1. The van der Waals surface area contributed by atoms with Gasteiger partial charge >= 0.3 is 0 Å². The molecule has 1 aromatic heterocycles. The van der Waals surface area contributed by atoms with Gasteiger partial charge in [0.1, 0.15) is 12.1 Å². The van der Waals surface area contributed by atoms with Crippen molar-refractivity contribution in [3.63, 3.8) is 0 Å². The van der Waals surface area contributed by atoms with Crippen LogP contribution in [0.15, 0.2) is 60.8 Å². The second-order valence-electron chi connectivity index (χ2n) is 6.91. The molecule has 0 saturated heterocycles. The number of fused-ring (bicyclic) bond motifs is 1. The molecule has 3 rings (SSSR count). The van der Waals surface area contributed by atoms with E-state index in [1.165, 1.54) is 17.7 Å². The third kappa shape index (κ3) is 4.67. The summed E-state index contributed by atoms with van der Waals surface area (Å²) in [6.45, 7) is 4.86. The molecule has 0 spiro atoms. The number of aromatic amines is 1. The van der Waals surface area contributed by atoms with Crippen molar-refractivity contribution < 1.29 is 9.18 Å². The maximum atomic E-state index is 13.3. The minimum Gasteiger partial charge on any atom is -0.379 e. The van der Waals surface area contributed by atoms with Gasteiger partial charge in [0, 0.05) is 22.3 Å². The van der Waals surface area contributed by atoms with E-state index in [9.17, 15) is 9.18 Å². The zero-order valence-electron chi connectivity index (χ0n) is 16.1. The molecule has 1 heterocycles. The molecular formula is C23H26FN3O. The summed E-state index contributed by atoms with van der Waals surface area (Å²) in [6.07, 6.45) is 3.12. The molecule has 28 heavy (non-hydrogen) atoms. The van der Waals surface area contributed by atoms with Gasteiger partial charge in [0.2, 0.25) is 0 Å². The van der Waals surface area contributed by atoms with Crippen molar-refractivity contribution in [2.24, 2.45) is 0 Å². The highest BCUT2D eigenvalue weighted by atomic mass is 19.1. The number of carbonyl (C=O) groups excluding carboxylic acids is 1. The minimum absolute atomic E-state index is 0.237. The van der Waals surface area contributed by atoms with Crippen LogP contribution >= 0.6 is 0 Å². The standard InChI is InChI=1S/C23H26FN3O/c1-16(26-19(15-28)13-14-25-2)7-12-21-20-5-3-4-6-22(20)27-23(21)17-8-10-18(24)11-9-17/h3-6,8-11,15,19,25-27H,1,7,12-14H2,2H3. The molecule has 5 heteroatoms.